The van der Waals surface area contributed by atoms with Crippen LogP contribution < -0.4 is 0 Å². The molecule has 3 aromatic heterocycles. The van der Waals surface area contributed by atoms with Crippen LogP contribution in [0.1, 0.15) is 70.6 Å². The summed E-state index contributed by atoms with van der Waals surface area (Å²) in [6, 6.07) is 2.23. The van der Waals surface area contributed by atoms with E-state index in [0.29, 0.717) is 5.92 Å². The standard InChI is InChI=1S/C27H35N5OS2/c1-3-20-21-8-15-31(18(2)33)17-25(21)35-24(20)9-14-30-12-6-19(7-13-30)26-28-29-27-22-10-16-34-23(22)5-4-11-32(26)27/h10,16,19H,3-9,11-15,17H2,1-2H3. The molecule has 1 fully saturated rings. The molecule has 186 valence electrons. The number of likely N-dealkylation sites (tertiary alicyclic amines) is 1. The summed E-state index contributed by atoms with van der Waals surface area (Å²) in [5.41, 5.74) is 4.42. The zero-order valence-corrected chi connectivity index (χ0v) is 22.5. The van der Waals surface area contributed by atoms with Crippen molar-refractivity contribution in [2.24, 2.45) is 0 Å². The quantitative estimate of drug-likeness (QED) is 0.491. The van der Waals surface area contributed by atoms with Crippen LogP contribution in [-0.2, 0) is 43.6 Å². The van der Waals surface area contributed by atoms with E-state index in [2.05, 4.69) is 32.9 Å². The molecule has 3 aromatic rings. The van der Waals surface area contributed by atoms with Gasteiger partial charge in [-0.1, -0.05) is 6.92 Å². The molecule has 0 aromatic carbocycles. The van der Waals surface area contributed by atoms with Crippen LogP contribution in [0, 0.1) is 0 Å². The Morgan fingerprint density at radius 2 is 1.97 bits per heavy atom. The lowest BCUT2D eigenvalue weighted by molar-refractivity contribution is -0.129. The maximum absolute atomic E-state index is 11.9. The molecule has 1 saturated heterocycles. The molecule has 8 heteroatoms. The van der Waals surface area contributed by atoms with Crippen LogP contribution in [0.15, 0.2) is 11.4 Å². The third kappa shape index (κ3) is 4.38. The summed E-state index contributed by atoms with van der Waals surface area (Å²) in [6.45, 7) is 10.1. The molecule has 0 radical (unpaired) electrons. The van der Waals surface area contributed by atoms with Crippen molar-refractivity contribution in [2.45, 2.75) is 77.8 Å². The van der Waals surface area contributed by atoms with Crippen LogP contribution in [0.25, 0.3) is 11.4 Å². The van der Waals surface area contributed by atoms with Crippen molar-refractivity contribution in [1.82, 2.24) is 24.6 Å². The Balaban J connectivity index is 1.09. The van der Waals surface area contributed by atoms with E-state index < -0.39 is 0 Å². The van der Waals surface area contributed by atoms with Gasteiger partial charge < -0.3 is 14.4 Å². The fraction of sp³-hybridized carbons (Fsp3) is 0.593. The summed E-state index contributed by atoms with van der Waals surface area (Å²) in [6.07, 6.45) is 7.94. The van der Waals surface area contributed by atoms with Gasteiger partial charge in [0, 0.05) is 52.7 Å². The monoisotopic (exact) mass is 509 g/mol. The fourth-order valence-corrected chi connectivity index (χ4v) is 8.62. The summed E-state index contributed by atoms with van der Waals surface area (Å²) in [5.74, 6) is 3.03. The second-order valence-electron chi connectivity index (χ2n) is 10.2. The normalized spacial score (nSPS) is 18.7. The Kier molecular flexibility index (Phi) is 6.54. The van der Waals surface area contributed by atoms with Gasteiger partial charge >= 0.3 is 0 Å². The maximum Gasteiger partial charge on any atom is 0.219 e. The molecule has 1 amide bonds. The van der Waals surface area contributed by atoms with Crippen molar-refractivity contribution in [3.63, 3.8) is 0 Å². The smallest absolute Gasteiger partial charge is 0.219 e. The Morgan fingerprint density at radius 1 is 1.11 bits per heavy atom. The van der Waals surface area contributed by atoms with Crippen molar-refractivity contribution in [2.75, 3.05) is 26.2 Å². The number of nitrogens with zero attached hydrogens (tertiary/aromatic N) is 5. The third-order valence-corrected chi connectivity index (χ3v) is 10.5. The number of thiophene rings is 2. The van der Waals surface area contributed by atoms with Crippen LogP contribution in [0.5, 0.6) is 0 Å². The van der Waals surface area contributed by atoms with Crippen molar-refractivity contribution in [1.29, 1.82) is 0 Å². The second kappa shape index (κ2) is 9.79. The molecule has 3 aliphatic rings. The highest BCUT2D eigenvalue weighted by atomic mass is 32.1. The van der Waals surface area contributed by atoms with Crippen LogP contribution in [-0.4, -0.2) is 56.7 Å². The van der Waals surface area contributed by atoms with Gasteiger partial charge in [-0.25, -0.2) is 0 Å². The van der Waals surface area contributed by atoms with Gasteiger partial charge in [0.1, 0.15) is 5.82 Å². The number of rotatable bonds is 5. The molecule has 6 heterocycles. The third-order valence-electron chi connectivity index (χ3n) is 8.21. The van der Waals surface area contributed by atoms with Crippen molar-refractivity contribution < 1.29 is 4.79 Å². The molecular formula is C27H35N5OS2. The SMILES string of the molecule is CCc1c(CCN2CCC(c3nnc4n3CCCc3sccc3-4)CC2)sc2c1CCN(C(C)=O)C2. The number of fused-ring (bicyclic) bond motifs is 4. The zero-order valence-electron chi connectivity index (χ0n) is 20.9. The largest absolute Gasteiger partial charge is 0.337 e. The number of hydrogen-bond acceptors (Lipinski definition) is 6. The zero-order chi connectivity index (χ0) is 23.9. The van der Waals surface area contributed by atoms with Gasteiger partial charge in [0.2, 0.25) is 5.91 Å². The first-order chi connectivity index (χ1) is 17.1. The first-order valence-electron chi connectivity index (χ1n) is 13.2. The van der Waals surface area contributed by atoms with Gasteiger partial charge in [-0.05, 0) is 80.6 Å². The first-order valence-corrected chi connectivity index (χ1v) is 14.9. The highest BCUT2D eigenvalue weighted by molar-refractivity contribution is 7.12. The molecule has 0 unspecified atom stereocenters. The van der Waals surface area contributed by atoms with E-state index in [0.717, 1.165) is 70.8 Å². The Bertz CT molecular complexity index is 1220. The number of aromatic nitrogens is 3. The van der Waals surface area contributed by atoms with E-state index in [-0.39, 0.29) is 5.91 Å². The molecule has 3 aliphatic heterocycles. The number of piperidine rings is 1. The molecule has 0 saturated carbocycles. The second-order valence-corrected chi connectivity index (χ2v) is 12.4. The molecule has 0 atom stereocenters. The van der Waals surface area contributed by atoms with E-state index in [4.69, 9.17) is 5.10 Å². The lowest BCUT2D eigenvalue weighted by atomic mass is 9.95. The first kappa shape index (κ1) is 23.4. The number of amides is 1. The Labute approximate surface area is 216 Å². The van der Waals surface area contributed by atoms with Gasteiger partial charge in [-0.3, -0.25) is 4.79 Å². The Morgan fingerprint density at radius 3 is 2.77 bits per heavy atom. The number of aryl methyl sites for hydroxylation is 1. The molecule has 0 aliphatic carbocycles. The minimum absolute atomic E-state index is 0.201. The molecule has 0 bridgehead atoms. The van der Waals surface area contributed by atoms with E-state index in [1.165, 1.54) is 40.4 Å². The molecule has 6 nitrogen and oxygen atoms in total. The lowest BCUT2D eigenvalue weighted by Gasteiger charge is -2.31. The van der Waals surface area contributed by atoms with Crippen molar-refractivity contribution in [3.8, 4) is 11.4 Å². The highest BCUT2D eigenvalue weighted by Gasteiger charge is 2.29. The van der Waals surface area contributed by atoms with E-state index in [9.17, 15) is 4.79 Å². The van der Waals surface area contributed by atoms with Crippen LogP contribution in [0.4, 0.5) is 0 Å². The minimum Gasteiger partial charge on any atom is -0.337 e. The van der Waals surface area contributed by atoms with E-state index in [1.54, 1.807) is 22.9 Å². The van der Waals surface area contributed by atoms with E-state index >= 15 is 0 Å². The number of hydrogen-bond donors (Lipinski definition) is 0. The minimum atomic E-state index is 0.201. The van der Waals surface area contributed by atoms with Gasteiger partial charge in [0.15, 0.2) is 5.82 Å². The molecule has 6 rings (SSSR count). The molecule has 35 heavy (non-hydrogen) atoms. The van der Waals surface area contributed by atoms with Crippen LogP contribution in [0.2, 0.25) is 0 Å². The number of carbonyl (C=O) groups excluding carboxylic acids is 1. The molecule has 0 spiro atoms. The lowest BCUT2D eigenvalue weighted by Crippen LogP contribution is -2.35. The number of carbonyl (C=O) groups is 1. The summed E-state index contributed by atoms with van der Waals surface area (Å²) in [7, 11) is 0. The van der Waals surface area contributed by atoms with Crippen LogP contribution >= 0.6 is 22.7 Å². The predicted octanol–water partition coefficient (Wildman–Crippen LogP) is 4.90. The van der Waals surface area contributed by atoms with Crippen molar-refractivity contribution in [3.05, 3.63) is 43.0 Å². The van der Waals surface area contributed by atoms with Crippen molar-refractivity contribution >= 4 is 28.6 Å². The summed E-state index contributed by atoms with van der Waals surface area (Å²) in [4.78, 5) is 21.0. The average molecular weight is 510 g/mol. The van der Waals surface area contributed by atoms with Gasteiger partial charge in [-0.2, -0.15) is 0 Å². The van der Waals surface area contributed by atoms with E-state index in [1.807, 2.05) is 27.6 Å². The molecule has 0 N–H and O–H groups in total. The van der Waals surface area contributed by atoms with Crippen LogP contribution in [0.3, 0.4) is 0 Å². The fourth-order valence-electron chi connectivity index (χ4n) is 6.25. The summed E-state index contributed by atoms with van der Waals surface area (Å²) < 4.78 is 2.42. The maximum atomic E-state index is 11.9. The van der Waals surface area contributed by atoms with Gasteiger partial charge in [-0.15, -0.1) is 32.9 Å². The molecular weight excluding hydrogens is 474 g/mol. The summed E-state index contributed by atoms with van der Waals surface area (Å²) >= 11 is 3.83. The van der Waals surface area contributed by atoms with Gasteiger partial charge in [0.05, 0.1) is 6.54 Å². The predicted molar refractivity (Wildman–Crippen MR) is 142 cm³/mol. The average Bonchev–Trinajstić information content (AvgIpc) is 3.57. The highest BCUT2D eigenvalue weighted by Crippen LogP contribution is 2.36. The Hall–Kier alpha value is -2.03. The summed E-state index contributed by atoms with van der Waals surface area (Å²) in [5, 5.41) is 11.6. The van der Waals surface area contributed by atoms with Gasteiger partial charge in [0.25, 0.3) is 0 Å². The topological polar surface area (TPSA) is 54.3 Å².